The van der Waals surface area contributed by atoms with Crippen molar-refractivity contribution in [2.24, 2.45) is 0 Å². The highest BCUT2D eigenvalue weighted by Gasteiger charge is 2.41. The highest BCUT2D eigenvalue weighted by Crippen LogP contribution is 2.54. The van der Waals surface area contributed by atoms with Crippen LogP contribution in [-0.2, 0) is 44.2 Å². The number of esters is 1. The molecule has 0 aliphatic carbocycles. The fourth-order valence-electron chi connectivity index (χ4n) is 15.8. The first-order chi connectivity index (χ1) is 64.2. The van der Waals surface area contributed by atoms with Crippen LogP contribution in [0, 0.1) is 0 Å². The smallest absolute Gasteiger partial charge is 0.335 e. The van der Waals surface area contributed by atoms with Crippen LogP contribution in [0.1, 0.15) is 131 Å². The summed E-state index contributed by atoms with van der Waals surface area (Å²) in [7, 11) is 6.33. The van der Waals surface area contributed by atoms with Crippen LogP contribution < -0.4 is 14.2 Å². The monoisotopic (exact) mass is 2340 g/mol. The van der Waals surface area contributed by atoms with Crippen molar-refractivity contribution in [2.75, 3.05) is 101 Å². The van der Waals surface area contributed by atoms with Crippen LogP contribution >= 0.6 is 157 Å². The zero-order chi connectivity index (χ0) is 98.8. The number of para-hydroxylation sites is 5. The maximum absolute atomic E-state index is 12.3. The number of rotatable bonds is 19. The van der Waals surface area contributed by atoms with Gasteiger partial charge in [0.05, 0.1) is 39.7 Å². The van der Waals surface area contributed by atoms with Gasteiger partial charge in [0.1, 0.15) is 40.2 Å². The Kier molecular flexibility index (Phi) is 50.8. The Morgan fingerprint density at radius 2 is 0.839 bits per heavy atom. The Labute approximate surface area is 882 Å². The molecule has 5 aliphatic rings. The second-order valence-corrected chi connectivity index (χ2v) is 47.3. The van der Waals surface area contributed by atoms with Crippen LogP contribution in [-0.4, -0.2) is 181 Å². The molecule has 5 aliphatic heterocycles. The first-order valence-corrected chi connectivity index (χ1v) is 54.9. The van der Waals surface area contributed by atoms with Crippen LogP contribution in [0.3, 0.4) is 0 Å². The zero-order valence-electron chi connectivity index (χ0n) is 77.0. The molecule has 3 saturated heterocycles. The van der Waals surface area contributed by atoms with Crippen molar-refractivity contribution in [1.29, 1.82) is 0 Å². The van der Waals surface area contributed by atoms with E-state index in [4.69, 9.17) is 113 Å². The number of ether oxygens (including phenoxy) is 4. The first kappa shape index (κ1) is 118. The third-order valence-electron chi connectivity index (χ3n) is 21.3. The summed E-state index contributed by atoms with van der Waals surface area (Å²) in [5.74, 6) is 4.42. The molecule has 0 bridgehead atoms. The van der Waals surface area contributed by atoms with Crippen LogP contribution in [0.25, 0.3) is 12.2 Å². The van der Waals surface area contributed by atoms with E-state index in [2.05, 4.69) is 196 Å². The van der Waals surface area contributed by atoms with Crippen molar-refractivity contribution < 1.29 is 73.6 Å². The van der Waals surface area contributed by atoms with Crippen LogP contribution in [0.2, 0.25) is 49.8 Å². The number of nitrogens with zero attached hydrogens (tertiary/aromatic N) is 4. The molecule has 0 saturated carbocycles. The normalized spacial score (nSPS) is 16.4. The third-order valence-corrected chi connectivity index (χ3v) is 29.8. The van der Waals surface area contributed by atoms with Crippen molar-refractivity contribution in [3.05, 3.63) is 352 Å². The Hall–Kier alpha value is -7.45. The Bertz CT molecular complexity index is 5780. The molecule has 19 nitrogen and oxygen atoms in total. The van der Waals surface area contributed by atoms with Gasteiger partial charge in [-0.25, -0.2) is 9.59 Å². The minimum absolute atomic E-state index is 0. The molecular weight excluding hydrogens is 2230 g/mol. The number of hydrogen-bond donors (Lipinski definition) is 4. The van der Waals surface area contributed by atoms with Gasteiger partial charge < -0.3 is 63.1 Å². The Morgan fingerprint density at radius 3 is 1.26 bits per heavy atom. The second-order valence-electron chi connectivity index (χ2n) is 33.2. The molecule has 6 atom stereocenters. The molecule has 731 valence electrons. The summed E-state index contributed by atoms with van der Waals surface area (Å²) in [5.41, 5.74) is 11.4. The van der Waals surface area contributed by atoms with Crippen molar-refractivity contribution in [3.63, 3.8) is 0 Å². The van der Waals surface area contributed by atoms with Gasteiger partial charge >= 0.3 is 25.5 Å². The molecule has 0 aromatic heterocycles. The number of fused-ring (bicyclic) bond motifs is 10. The molecule has 3 fully saturated rings. The summed E-state index contributed by atoms with van der Waals surface area (Å²) >= 11 is 53.5. The number of carboxylic acid groups (broad SMARTS) is 2. The van der Waals surface area contributed by atoms with E-state index >= 15 is 0 Å². The Balaban J connectivity index is 0.000000279. The topological polar surface area (TPSA) is 235 Å². The number of carbonyl (C=O) groups excluding carboxylic acids is 2. The van der Waals surface area contributed by atoms with Gasteiger partial charge in [0, 0.05) is 181 Å². The number of benzene rings is 11. The molecular formula is C104H116BBr5Cl6N4O15PSi. The van der Waals surface area contributed by atoms with Gasteiger partial charge in [-0.05, 0) is 233 Å². The average molecular weight is 2350 g/mol. The van der Waals surface area contributed by atoms with E-state index in [-0.39, 0.29) is 41.1 Å². The summed E-state index contributed by atoms with van der Waals surface area (Å²) in [6, 6.07) is 72.7. The standard InChI is InChI=1S/C17H17BrClNO.2C17H16ClNO.C16H12BrClO2.C11H15BrClO3P.C7H5Br2Cl.C7H19NOSi.C7H6O2.C4H4O4.CH4.B.H2/c1-20-9-14(12-4-2-3-5-17(12)21)15(10-20)13-8-11(19)6-7-16(13)18;2*1-19-9-14-12-4-2-3-5-16(12)20-17-7-6-11(18)8-13(17)15(14)10-19;1-11(19)20-16-5-3-2-4-12(16)6-7-13-10-14(18)8-9-15(13)17;1-3-15-17(14,16-4-2)8-9-7-10(13)5-6-11(9)12;8-4-5-3-6(10)1-2-7(5)9;1-8(6-9-2)7-10(3,4)5;8-5-6-3-1-2-4-7(6)9;5-3(6)1-2-4(7)8;;;/h2-8,14-15,21H,9-10H2,1H3;2*2-8,14-15H,9-10H2,1H3;2-10H,1H3;5-7H,3-4,8H2,1-2H3;1-3H,4H2;6-7H2,1-5H3;1-5,9H;1-2H,(H,5,6)(H,7,8);1H4;;1H/b;;;7-6+;;;;;2-1-;;;/t3*14-,15-;;;;;;;;;/m111........./s1/i;;;;;;;;;;;1+1. The number of aldehydes is 1. The summed E-state index contributed by atoms with van der Waals surface area (Å²) in [6.45, 7) is 19.6. The van der Waals surface area contributed by atoms with Crippen molar-refractivity contribution in [3.8, 4) is 40.2 Å². The lowest BCUT2D eigenvalue weighted by atomic mass is 9.84. The molecule has 16 rings (SSSR count). The van der Waals surface area contributed by atoms with E-state index in [9.17, 15) is 28.8 Å². The largest absolute Gasteiger partial charge is 0.508 e. The van der Waals surface area contributed by atoms with Crippen molar-refractivity contribution in [2.45, 2.75) is 94.8 Å². The van der Waals surface area contributed by atoms with E-state index in [1.165, 1.54) is 52.5 Å². The molecule has 0 unspecified atom stereocenters. The average Bonchev–Trinajstić information content (AvgIpc) is 1.63. The number of methoxy groups -OCH3 is 1. The quantitative estimate of drug-likeness (QED) is 0.00678. The number of carboxylic acids is 2. The Morgan fingerprint density at radius 1 is 0.482 bits per heavy atom. The molecule has 137 heavy (non-hydrogen) atoms. The molecule has 11 aromatic rings. The molecule has 5 heterocycles. The maximum atomic E-state index is 12.3. The first-order valence-electron chi connectivity index (χ1n) is 42.9. The van der Waals surface area contributed by atoms with E-state index in [0.29, 0.717) is 88.3 Å². The molecule has 4 N–H and O–H groups in total. The summed E-state index contributed by atoms with van der Waals surface area (Å²) in [4.78, 5) is 49.6. The highest BCUT2D eigenvalue weighted by molar-refractivity contribution is 9.11. The maximum Gasteiger partial charge on any atom is 0.335 e. The van der Waals surface area contributed by atoms with Crippen molar-refractivity contribution in [1.82, 2.24) is 19.6 Å². The van der Waals surface area contributed by atoms with Gasteiger partial charge in [0.2, 0.25) is 0 Å². The lowest BCUT2D eigenvalue weighted by Crippen LogP contribution is -2.38. The number of aliphatic carboxylic acids is 2. The summed E-state index contributed by atoms with van der Waals surface area (Å²) in [5, 5.41) is 39.9. The number of halogens is 11. The van der Waals surface area contributed by atoms with E-state index in [1.54, 1.807) is 63.4 Å². The zero-order valence-corrected chi connectivity index (χ0v) is 91.4. The second kappa shape index (κ2) is 58.8. The highest BCUT2D eigenvalue weighted by atomic mass is 79.9. The lowest BCUT2D eigenvalue weighted by Gasteiger charge is -2.23. The predicted octanol–water partition coefficient (Wildman–Crippen LogP) is 30.0. The number of carbonyl (C=O) groups is 4. The minimum atomic E-state index is -3.08. The fraction of sp³-hybridized carbons (Fsp3) is 0.288. The lowest BCUT2D eigenvalue weighted by molar-refractivity contribution is -0.134. The minimum Gasteiger partial charge on any atom is -0.508 e. The van der Waals surface area contributed by atoms with Gasteiger partial charge in [-0.3, -0.25) is 19.1 Å². The number of phenolic OH excluding ortho intramolecular Hbond substituents is 2. The fourth-order valence-corrected chi connectivity index (χ4v) is 23.1. The van der Waals surface area contributed by atoms with Gasteiger partial charge in [0.15, 0.2) is 6.29 Å². The predicted molar refractivity (Wildman–Crippen MR) is 584 cm³/mol. The van der Waals surface area contributed by atoms with Gasteiger partial charge in [-0.15, -0.1) is 0 Å². The number of phenols is 2. The molecule has 33 heteroatoms. The van der Waals surface area contributed by atoms with Crippen LogP contribution in [0.15, 0.2) is 261 Å². The van der Waals surface area contributed by atoms with Gasteiger partial charge in [-0.2, -0.15) is 0 Å². The van der Waals surface area contributed by atoms with Gasteiger partial charge in [-0.1, -0.05) is 273 Å². The molecule has 11 aromatic carbocycles. The molecule has 0 amide bonds. The van der Waals surface area contributed by atoms with Crippen LogP contribution in [0.5, 0.6) is 40.2 Å². The number of likely N-dealkylation sites (tertiary alicyclic amines) is 3. The summed E-state index contributed by atoms with van der Waals surface area (Å²) in [6.07, 6.45) is 6.96. The SMILES string of the molecule is C.CC(=O)Oc1ccccc1/C=C/c1cc(Cl)ccc1Br.CCOP(=O)(Cc1cc(Cl)ccc1Br)OCC.CN1C[C@@H]2c3ccccc3Oc3ccc(Cl)cc3[C@H]2C1.CN1C[C@@H]2c3ccccc3Oc3ccc(Cl)cc3[C@H]2C1.CN1C[C@H](c2ccccc2O)[C@@H](c2cc(Cl)ccc2Br)C1.COCN(C)C[Si](C)(C)C.Clc1ccc(Br)c(CBr)c1.O=C(O)/C=C\C(=O)O.O=Cc1ccccc1O.[2HH].[B]. The van der Waals surface area contributed by atoms with Crippen molar-refractivity contribution >= 4 is 210 Å². The molecule has 0 spiro atoms. The number of alkyl halides is 1. The van der Waals surface area contributed by atoms with E-state index in [1.807, 2.05) is 146 Å². The number of likely N-dealkylation sites (N-methyl/N-ethyl adjacent to an activating group) is 3. The van der Waals surface area contributed by atoms with E-state index < -0.39 is 27.6 Å². The third kappa shape index (κ3) is 38.1. The van der Waals surface area contributed by atoms with E-state index in [0.717, 1.165) is 135 Å². The number of hydrogen-bond acceptors (Lipinski definition) is 17. The molecule has 3 radical (unpaired) electrons. The van der Waals surface area contributed by atoms with Crippen LogP contribution in [0.4, 0.5) is 0 Å². The number of aromatic hydroxyl groups is 2. The summed E-state index contributed by atoms with van der Waals surface area (Å²) < 4.78 is 49.2. The van der Waals surface area contributed by atoms with Gasteiger partial charge in [0.25, 0.3) is 0 Å².